The molecule has 1 heterocycles. The highest BCUT2D eigenvalue weighted by Gasteiger charge is 2.28. The quantitative estimate of drug-likeness (QED) is 0.188. The van der Waals surface area contributed by atoms with Gasteiger partial charge in [-0.15, -0.1) is 0 Å². The van der Waals surface area contributed by atoms with Crippen LogP contribution in [0.3, 0.4) is 0 Å². The molecule has 0 saturated carbocycles. The Labute approximate surface area is 243 Å². The topological polar surface area (TPSA) is 93.0 Å². The fourth-order valence-corrected chi connectivity index (χ4v) is 6.45. The molecular weight excluding hydrogens is 592 g/mol. The molecule has 0 saturated heterocycles. The molecule has 0 radical (unpaired) electrons. The number of carbonyl (C=O) groups is 1. The molecule has 0 aliphatic rings. The van der Waals surface area contributed by atoms with E-state index in [1.807, 2.05) is 33.8 Å². The molecule has 1 amide bonds. The van der Waals surface area contributed by atoms with Crippen LogP contribution in [0.1, 0.15) is 28.1 Å². The Morgan fingerprint density at radius 2 is 1.60 bits per heavy atom. The summed E-state index contributed by atoms with van der Waals surface area (Å²) in [6, 6.07) is 21.6. The van der Waals surface area contributed by atoms with E-state index in [1.54, 1.807) is 36.5 Å². The number of hydrogen-bond donors (Lipinski definition) is 1. The monoisotopic (exact) mass is 622 g/mol. The highest BCUT2D eigenvalue weighted by Crippen LogP contribution is 2.31. The third-order valence-electron chi connectivity index (χ3n) is 6.48. The first-order valence-corrected chi connectivity index (χ1v) is 14.8. The van der Waals surface area contributed by atoms with Crippen molar-refractivity contribution in [2.75, 3.05) is 18.0 Å². The van der Waals surface area contributed by atoms with Gasteiger partial charge in [0.15, 0.2) is 0 Å². The number of amides is 1. The number of halogens is 1. The van der Waals surface area contributed by atoms with Crippen LogP contribution < -0.4 is 14.5 Å². The van der Waals surface area contributed by atoms with Crippen LogP contribution in [0.4, 0.5) is 5.69 Å². The second-order valence-electron chi connectivity index (χ2n) is 9.43. The van der Waals surface area contributed by atoms with Crippen molar-refractivity contribution in [1.82, 2.24) is 9.99 Å². The number of anilines is 1. The average molecular weight is 624 g/mol. The Hall–Kier alpha value is -3.89. The Morgan fingerprint density at radius 3 is 2.20 bits per heavy atom. The molecule has 0 unspecified atom stereocenters. The minimum Gasteiger partial charge on any atom is -0.496 e. The summed E-state index contributed by atoms with van der Waals surface area (Å²) in [6.07, 6.45) is 1.57. The summed E-state index contributed by atoms with van der Waals surface area (Å²) in [5, 5.41) is 4.13. The van der Waals surface area contributed by atoms with E-state index in [0.717, 1.165) is 32.5 Å². The zero-order valence-electron chi connectivity index (χ0n) is 23.0. The molecule has 4 aromatic rings. The van der Waals surface area contributed by atoms with E-state index >= 15 is 0 Å². The standard InChI is InChI=1S/C30H31BrN4O4S/c1-20-6-10-25(11-7-20)34(40(37,38)27-14-15-29(39-5)28(31)17-27)19-30(36)33-32-18-24-16-22(3)35(23(24)4)26-12-8-21(2)9-13-26/h6-18H,19H2,1-5H3,(H,33,36)/b32-18+. The van der Waals surface area contributed by atoms with Crippen LogP contribution in [0.5, 0.6) is 5.75 Å². The fraction of sp³-hybridized carbons (Fsp3) is 0.200. The first kappa shape index (κ1) is 29.1. The largest absolute Gasteiger partial charge is 0.496 e. The summed E-state index contributed by atoms with van der Waals surface area (Å²) < 4.78 is 36.3. The highest BCUT2D eigenvalue weighted by atomic mass is 79.9. The van der Waals surface area contributed by atoms with E-state index in [2.05, 4.69) is 55.3 Å². The van der Waals surface area contributed by atoms with Crippen molar-refractivity contribution >= 4 is 43.8 Å². The summed E-state index contributed by atoms with van der Waals surface area (Å²) in [4.78, 5) is 13.0. The van der Waals surface area contributed by atoms with Crippen LogP contribution in [-0.4, -0.2) is 38.8 Å². The summed E-state index contributed by atoms with van der Waals surface area (Å²) in [6.45, 7) is 7.47. The lowest BCUT2D eigenvalue weighted by molar-refractivity contribution is -0.119. The lowest BCUT2D eigenvalue weighted by Crippen LogP contribution is -2.39. The number of hydrazone groups is 1. The zero-order chi connectivity index (χ0) is 29.0. The molecule has 1 N–H and O–H groups in total. The number of sulfonamides is 1. The number of carbonyl (C=O) groups excluding carboxylic acids is 1. The number of ether oxygens (including phenoxy) is 1. The van der Waals surface area contributed by atoms with Gasteiger partial charge in [-0.1, -0.05) is 35.4 Å². The summed E-state index contributed by atoms with van der Waals surface area (Å²) in [5.41, 5.74) is 8.85. The number of hydrogen-bond acceptors (Lipinski definition) is 5. The van der Waals surface area contributed by atoms with E-state index in [9.17, 15) is 13.2 Å². The molecule has 0 atom stereocenters. The number of aromatic nitrogens is 1. The molecule has 40 heavy (non-hydrogen) atoms. The van der Waals surface area contributed by atoms with Gasteiger partial charge in [0.1, 0.15) is 12.3 Å². The van der Waals surface area contributed by atoms with Gasteiger partial charge in [-0.25, -0.2) is 13.8 Å². The minimum atomic E-state index is -4.10. The van der Waals surface area contributed by atoms with Gasteiger partial charge in [0.05, 0.1) is 28.4 Å². The molecule has 4 rings (SSSR count). The van der Waals surface area contributed by atoms with Crippen LogP contribution in [0.15, 0.2) is 87.3 Å². The number of benzene rings is 3. The number of methoxy groups -OCH3 is 1. The Bertz CT molecular complexity index is 1660. The number of nitrogens with one attached hydrogen (secondary N) is 1. The van der Waals surface area contributed by atoms with E-state index < -0.39 is 22.5 Å². The summed E-state index contributed by atoms with van der Waals surface area (Å²) >= 11 is 3.34. The Kier molecular flexibility index (Phi) is 8.80. The van der Waals surface area contributed by atoms with Gasteiger partial charge < -0.3 is 9.30 Å². The van der Waals surface area contributed by atoms with Gasteiger partial charge in [-0.2, -0.15) is 5.10 Å². The third kappa shape index (κ3) is 6.29. The molecule has 0 spiro atoms. The van der Waals surface area contributed by atoms with Gasteiger partial charge in [0.2, 0.25) is 0 Å². The minimum absolute atomic E-state index is 0.0144. The van der Waals surface area contributed by atoms with Crippen LogP contribution in [0.25, 0.3) is 5.69 Å². The predicted molar refractivity (Wildman–Crippen MR) is 162 cm³/mol. The second-order valence-corrected chi connectivity index (χ2v) is 12.2. The number of nitrogens with zero attached hydrogens (tertiary/aromatic N) is 3. The molecule has 1 aromatic heterocycles. The van der Waals surface area contributed by atoms with Crippen LogP contribution in [0.2, 0.25) is 0 Å². The molecule has 10 heteroatoms. The molecule has 0 aliphatic heterocycles. The van der Waals surface area contributed by atoms with Crippen molar-refractivity contribution in [3.8, 4) is 11.4 Å². The van der Waals surface area contributed by atoms with E-state index in [1.165, 1.54) is 24.8 Å². The van der Waals surface area contributed by atoms with Crippen molar-refractivity contribution < 1.29 is 17.9 Å². The van der Waals surface area contributed by atoms with Gasteiger partial charge in [-0.05, 0) is 92.2 Å². The summed E-state index contributed by atoms with van der Waals surface area (Å²) in [5.74, 6) is -0.0880. The van der Waals surface area contributed by atoms with Gasteiger partial charge >= 0.3 is 0 Å². The zero-order valence-corrected chi connectivity index (χ0v) is 25.4. The molecule has 0 aliphatic carbocycles. The van der Waals surface area contributed by atoms with Crippen molar-refractivity contribution in [3.63, 3.8) is 0 Å². The first-order chi connectivity index (χ1) is 19.0. The second kappa shape index (κ2) is 12.1. The lowest BCUT2D eigenvalue weighted by Gasteiger charge is -2.24. The van der Waals surface area contributed by atoms with E-state index in [0.29, 0.717) is 15.9 Å². The smallest absolute Gasteiger partial charge is 0.264 e. The van der Waals surface area contributed by atoms with Crippen molar-refractivity contribution in [3.05, 3.63) is 105 Å². The highest BCUT2D eigenvalue weighted by molar-refractivity contribution is 9.10. The number of rotatable bonds is 9. The maximum atomic E-state index is 13.7. The lowest BCUT2D eigenvalue weighted by atomic mass is 10.2. The average Bonchev–Trinajstić information content (AvgIpc) is 3.20. The number of aryl methyl sites for hydroxylation is 3. The molecular formula is C30H31BrN4O4S. The Balaban J connectivity index is 1.56. The predicted octanol–water partition coefficient (Wildman–Crippen LogP) is 5.83. The van der Waals surface area contributed by atoms with Crippen molar-refractivity contribution in [1.29, 1.82) is 0 Å². The maximum Gasteiger partial charge on any atom is 0.264 e. The van der Waals surface area contributed by atoms with Gasteiger partial charge in [0, 0.05) is 22.6 Å². The molecule has 3 aromatic carbocycles. The summed E-state index contributed by atoms with van der Waals surface area (Å²) in [7, 11) is -2.60. The van der Waals surface area contributed by atoms with Gasteiger partial charge in [0.25, 0.3) is 15.9 Å². The van der Waals surface area contributed by atoms with Crippen molar-refractivity contribution in [2.24, 2.45) is 5.10 Å². The molecule has 208 valence electrons. The van der Waals surface area contributed by atoms with Crippen molar-refractivity contribution in [2.45, 2.75) is 32.6 Å². The van der Waals surface area contributed by atoms with Crippen LogP contribution >= 0.6 is 15.9 Å². The van der Waals surface area contributed by atoms with Crippen LogP contribution in [-0.2, 0) is 14.8 Å². The fourth-order valence-electron chi connectivity index (χ4n) is 4.31. The maximum absolute atomic E-state index is 13.7. The molecule has 0 fully saturated rings. The molecule has 8 nitrogen and oxygen atoms in total. The van der Waals surface area contributed by atoms with Gasteiger partial charge in [-0.3, -0.25) is 9.10 Å². The Morgan fingerprint density at radius 1 is 0.975 bits per heavy atom. The SMILES string of the molecule is COc1ccc(S(=O)(=O)N(CC(=O)N/N=C/c2cc(C)n(-c3ccc(C)cc3)c2C)c2ccc(C)cc2)cc1Br. The van der Waals surface area contributed by atoms with Crippen LogP contribution in [0, 0.1) is 27.7 Å². The van der Waals surface area contributed by atoms with E-state index in [4.69, 9.17) is 4.74 Å². The van der Waals surface area contributed by atoms with E-state index in [-0.39, 0.29) is 4.90 Å². The first-order valence-electron chi connectivity index (χ1n) is 12.5. The normalized spacial score (nSPS) is 11.6. The third-order valence-corrected chi connectivity index (χ3v) is 8.87. The molecule has 0 bridgehead atoms.